The zero-order valence-electron chi connectivity index (χ0n) is 14.0. The Balaban J connectivity index is 2.10. The van der Waals surface area contributed by atoms with Crippen molar-refractivity contribution in [1.29, 1.82) is 10.5 Å². The molecule has 132 valence electrons. The molecule has 0 aliphatic carbocycles. The number of hydrogen-bond donors (Lipinski definition) is 2. The number of nitrogens with zero attached hydrogens (tertiary/aromatic N) is 2. The van der Waals surface area contributed by atoms with Gasteiger partial charge in [-0.2, -0.15) is 10.5 Å². The number of rotatable bonds is 4. The predicted octanol–water partition coefficient (Wildman–Crippen LogP) is 3.60. The van der Waals surface area contributed by atoms with Crippen LogP contribution >= 0.6 is 11.6 Å². The Morgan fingerprint density at radius 1 is 1.04 bits per heavy atom. The first-order valence-corrected chi connectivity index (χ1v) is 8.25. The number of anilines is 1. The number of H-pyrrole nitrogens is 1. The van der Waals surface area contributed by atoms with Gasteiger partial charge >= 0.3 is 0 Å². The predicted molar refractivity (Wildman–Crippen MR) is 102 cm³/mol. The molecule has 0 spiro atoms. The van der Waals surface area contributed by atoms with Crippen LogP contribution in [0.5, 0.6) is 5.75 Å². The molecule has 3 N–H and O–H groups in total. The summed E-state index contributed by atoms with van der Waals surface area (Å²) in [5, 5.41) is 19.5. The van der Waals surface area contributed by atoms with Crippen molar-refractivity contribution in [3.63, 3.8) is 0 Å². The Labute approximate surface area is 160 Å². The standard InChI is InChI=1S/C20H13ClN4O2/c21-13-7-5-12(6-8-13)11-27-17-4-2-1-3-14(17)18-15(9-22)19(24)25-20(26)16(18)10-23/h1-8H,11H2,(H3,24,25,26). The van der Waals surface area contributed by atoms with Crippen LogP contribution in [0.2, 0.25) is 5.02 Å². The Morgan fingerprint density at radius 2 is 1.70 bits per heavy atom. The quantitative estimate of drug-likeness (QED) is 0.721. The second kappa shape index (κ2) is 7.65. The summed E-state index contributed by atoms with van der Waals surface area (Å²) in [5.41, 5.74) is 6.45. The molecule has 27 heavy (non-hydrogen) atoms. The highest BCUT2D eigenvalue weighted by molar-refractivity contribution is 6.30. The third-order valence-corrected chi connectivity index (χ3v) is 4.18. The van der Waals surface area contributed by atoms with Crippen LogP contribution < -0.4 is 16.0 Å². The van der Waals surface area contributed by atoms with Crippen LogP contribution in [0.4, 0.5) is 5.82 Å². The molecule has 0 atom stereocenters. The van der Waals surface area contributed by atoms with Crippen molar-refractivity contribution in [2.45, 2.75) is 6.61 Å². The van der Waals surface area contributed by atoms with Gasteiger partial charge in [-0.15, -0.1) is 0 Å². The molecule has 1 aromatic heterocycles. The van der Waals surface area contributed by atoms with Gasteiger partial charge in [0.2, 0.25) is 0 Å². The van der Waals surface area contributed by atoms with Crippen LogP contribution in [0.25, 0.3) is 11.1 Å². The molecule has 0 bridgehead atoms. The number of nitrogens with two attached hydrogens (primary N) is 1. The molecule has 0 aliphatic rings. The van der Waals surface area contributed by atoms with Crippen molar-refractivity contribution < 1.29 is 4.74 Å². The first kappa shape index (κ1) is 18.1. The van der Waals surface area contributed by atoms with Crippen LogP contribution in [-0.4, -0.2) is 4.98 Å². The molecule has 0 aliphatic heterocycles. The molecule has 0 saturated carbocycles. The van der Waals surface area contributed by atoms with E-state index < -0.39 is 5.56 Å². The summed E-state index contributed by atoms with van der Waals surface area (Å²) in [4.78, 5) is 14.5. The van der Waals surface area contributed by atoms with Crippen molar-refractivity contribution in [2.24, 2.45) is 0 Å². The third-order valence-electron chi connectivity index (χ3n) is 3.93. The summed E-state index contributed by atoms with van der Waals surface area (Å²) >= 11 is 5.88. The summed E-state index contributed by atoms with van der Waals surface area (Å²) in [6.45, 7) is 0.247. The number of aromatic amines is 1. The Kier molecular flexibility index (Phi) is 5.12. The van der Waals surface area contributed by atoms with Crippen LogP contribution in [0, 0.1) is 22.7 Å². The van der Waals surface area contributed by atoms with Gasteiger partial charge in [0, 0.05) is 16.1 Å². The third kappa shape index (κ3) is 3.62. The molecule has 1 heterocycles. The topological polar surface area (TPSA) is 116 Å². The first-order valence-electron chi connectivity index (χ1n) is 7.87. The smallest absolute Gasteiger partial charge is 0.268 e. The number of benzene rings is 2. The molecular weight excluding hydrogens is 364 g/mol. The van der Waals surface area contributed by atoms with Gasteiger partial charge in [0.05, 0.1) is 0 Å². The largest absolute Gasteiger partial charge is 0.488 e. The van der Waals surface area contributed by atoms with Gasteiger partial charge in [0.1, 0.15) is 41.4 Å². The van der Waals surface area contributed by atoms with Gasteiger partial charge in [0.15, 0.2) is 0 Å². The van der Waals surface area contributed by atoms with Gasteiger partial charge < -0.3 is 15.5 Å². The number of nitriles is 2. The fraction of sp³-hybridized carbons (Fsp3) is 0.0500. The summed E-state index contributed by atoms with van der Waals surface area (Å²) in [6, 6.07) is 17.8. The lowest BCUT2D eigenvalue weighted by Crippen LogP contribution is -2.16. The molecule has 6 nitrogen and oxygen atoms in total. The lowest BCUT2D eigenvalue weighted by molar-refractivity contribution is 0.307. The highest BCUT2D eigenvalue weighted by Crippen LogP contribution is 2.35. The van der Waals surface area contributed by atoms with Crippen LogP contribution in [0.15, 0.2) is 53.3 Å². The zero-order valence-corrected chi connectivity index (χ0v) is 14.7. The number of hydrogen-bond acceptors (Lipinski definition) is 5. The molecule has 2 aromatic carbocycles. The van der Waals surface area contributed by atoms with E-state index in [1.807, 2.05) is 24.3 Å². The summed E-state index contributed by atoms with van der Waals surface area (Å²) in [6.07, 6.45) is 0. The number of halogens is 1. The van der Waals surface area contributed by atoms with Crippen LogP contribution in [0.3, 0.4) is 0 Å². The normalized spacial score (nSPS) is 10.0. The number of aromatic nitrogens is 1. The minimum Gasteiger partial charge on any atom is -0.488 e. The van der Waals surface area contributed by atoms with E-state index in [4.69, 9.17) is 22.1 Å². The van der Waals surface area contributed by atoms with Gasteiger partial charge in [-0.25, -0.2) is 0 Å². The van der Waals surface area contributed by atoms with E-state index in [-0.39, 0.29) is 29.1 Å². The lowest BCUT2D eigenvalue weighted by atomic mass is 9.96. The van der Waals surface area contributed by atoms with Gasteiger partial charge in [0.25, 0.3) is 5.56 Å². The average Bonchev–Trinajstić information content (AvgIpc) is 2.67. The number of ether oxygens (including phenoxy) is 1. The molecule has 0 unspecified atom stereocenters. The van der Waals surface area contributed by atoms with Crippen molar-refractivity contribution in [3.8, 4) is 29.0 Å². The highest BCUT2D eigenvalue weighted by Gasteiger charge is 2.20. The molecule has 0 radical (unpaired) electrons. The lowest BCUT2D eigenvalue weighted by Gasteiger charge is -2.14. The van der Waals surface area contributed by atoms with Gasteiger partial charge in [-0.05, 0) is 23.8 Å². The molecule has 3 rings (SSSR count). The maximum absolute atomic E-state index is 12.1. The molecule has 7 heteroatoms. The second-order valence-electron chi connectivity index (χ2n) is 5.63. The molecule has 3 aromatic rings. The Bertz CT molecular complexity index is 1140. The summed E-state index contributed by atoms with van der Waals surface area (Å²) in [7, 11) is 0. The van der Waals surface area contributed by atoms with E-state index in [0.717, 1.165) is 5.56 Å². The second-order valence-corrected chi connectivity index (χ2v) is 6.06. The Morgan fingerprint density at radius 3 is 2.37 bits per heavy atom. The minimum atomic E-state index is -0.656. The van der Waals surface area contributed by atoms with Crippen molar-refractivity contribution in [3.05, 3.63) is 80.6 Å². The Hall–Kier alpha value is -3.74. The van der Waals surface area contributed by atoms with Gasteiger partial charge in [-0.3, -0.25) is 4.79 Å². The summed E-state index contributed by atoms with van der Waals surface area (Å²) in [5.74, 6) is 0.328. The molecule has 0 amide bonds. The molecular formula is C20H13ClN4O2. The van der Waals surface area contributed by atoms with E-state index in [1.54, 1.807) is 36.4 Å². The van der Waals surface area contributed by atoms with Crippen LogP contribution in [0.1, 0.15) is 16.7 Å². The van der Waals surface area contributed by atoms with E-state index in [9.17, 15) is 15.3 Å². The summed E-state index contributed by atoms with van der Waals surface area (Å²) < 4.78 is 5.88. The fourth-order valence-corrected chi connectivity index (χ4v) is 2.78. The first-order chi connectivity index (χ1) is 13.0. The van der Waals surface area contributed by atoms with Crippen molar-refractivity contribution >= 4 is 17.4 Å². The number of pyridine rings is 1. The van der Waals surface area contributed by atoms with Gasteiger partial charge in [-0.1, -0.05) is 41.9 Å². The number of para-hydroxylation sites is 1. The highest BCUT2D eigenvalue weighted by atomic mass is 35.5. The maximum Gasteiger partial charge on any atom is 0.268 e. The fourth-order valence-electron chi connectivity index (χ4n) is 2.65. The average molecular weight is 377 g/mol. The van der Waals surface area contributed by atoms with E-state index in [0.29, 0.717) is 16.3 Å². The van der Waals surface area contributed by atoms with Crippen LogP contribution in [-0.2, 0) is 6.61 Å². The SMILES string of the molecule is N#Cc1c(N)[nH]c(=O)c(C#N)c1-c1ccccc1OCc1ccc(Cl)cc1. The van der Waals surface area contributed by atoms with E-state index in [1.165, 1.54) is 0 Å². The zero-order chi connectivity index (χ0) is 19.4. The van der Waals surface area contributed by atoms with Crippen molar-refractivity contribution in [2.75, 3.05) is 5.73 Å². The molecule has 0 fully saturated rings. The molecule has 0 saturated heterocycles. The minimum absolute atomic E-state index is 0.0219. The monoisotopic (exact) mass is 376 g/mol. The van der Waals surface area contributed by atoms with E-state index >= 15 is 0 Å². The van der Waals surface area contributed by atoms with E-state index in [2.05, 4.69) is 4.98 Å². The maximum atomic E-state index is 12.1. The number of nitrogen functional groups attached to an aromatic ring is 1. The number of nitrogens with one attached hydrogen (secondary N) is 1. The van der Waals surface area contributed by atoms with Crippen molar-refractivity contribution in [1.82, 2.24) is 4.98 Å².